The summed E-state index contributed by atoms with van der Waals surface area (Å²) in [6, 6.07) is 3.89. The fraction of sp³-hybridized carbons (Fsp3) is 0.611. The van der Waals surface area contributed by atoms with Crippen molar-refractivity contribution in [2.45, 2.75) is 51.2 Å². The molecule has 5 heteroatoms. The summed E-state index contributed by atoms with van der Waals surface area (Å²) in [5.74, 6) is 1.14. The lowest BCUT2D eigenvalue weighted by atomic mass is 9.88. The summed E-state index contributed by atoms with van der Waals surface area (Å²) < 4.78 is 5.62. The Morgan fingerprint density at radius 2 is 2.13 bits per heavy atom. The summed E-state index contributed by atoms with van der Waals surface area (Å²) in [6.07, 6.45) is 7.16. The molecule has 1 heterocycles. The molecule has 2 aliphatic rings. The van der Waals surface area contributed by atoms with Crippen molar-refractivity contribution in [1.29, 1.82) is 0 Å². The standard InChI is InChI=1S/C18H27N3O2/c1-19-18(20-11-14-6-4-10-23-14)21-12-16-15-7-3-2-5-13(15)8-9-17(16)22/h8-9,14,22H,2-7,10-12H2,1H3,(H2,19,20,21). The summed E-state index contributed by atoms with van der Waals surface area (Å²) >= 11 is 0. The second-order valence-corrected chi connectivity index (χ2v) is 6.35. The van der Waals surface area contributed by atoms with E-state index in [2.05, 4.69) is 21.7 Å². The monoisotopic (exact) mass is 317 g/mol. The molecule has 1 unspecified atom stereocenters. The fourth-order valence-corrected chi connectivity index (χ4v) is 3.50. The molecule has 1 aromatic carbocycles. The normalized spacial score (nSPS) is 21.1. The number of rotatable bonds is 4. The number of nitrogens with zero attached hydrogens (tertiary/aromatic N) is 1. The van der Waals surface area contributed by atoms with Crippen molar-refractivity contribution in [2.75, 3.05) is 20.2 Å². The van der Waals surface area contributed by atoms with E-state index in [1.165, 1.54) is 24.0 Å². The first-order chi connectivity index (χ1) is 11.3. The number of aromatic hydroxyl groups is 1. The van der Waals surface area contributed by atoms with E-state index in [0.29, 0.717) is 12.3 Å². The van der Waals surface area contributed by atoms with Gasteiger partial charge in [-0.1, -0.05) is 6.07 Å². The number of guanidine groups is 1. The molecule has 0 amide bonds. The second-order valence-electron chi connectivity index (χ2n) is 6.35. The summed E-state index contributed by atoms with van der Waals surface area (Å²) in [5.41, 5.74) is 3.72. The molecule has 0 aromatic heterocycles. The molecule has 1 aliphatic carbocycles. The molecule has 0 bridgehead atoms. The molecule has 3 N–H and O–H groups in total. The van der Waals surface area contributed by atoms with E-state index >= 15 is 0 Å². The Hall–Kier alpha value is -1.75. The number of benzene rings is 1. The highest BCUT2D eigenvalue weighted by atomic mass is 16.5. The third-order valence-electron chi connectivity index (χ3n) is 4.80. The van der Waals surface area contributed by atoms with Gasteiger partial charge in [-0.3, -0.25) is 4.99 Å². The van der Waals surface area contributed by atoms with Crippen LogP contribution in [0.15, 0.2) is 17.1 Å². The van der Waals surface area contributed by atoms with Gasteiger partial charge in [-0.15, -0.1) is 0 Å². The van der Waals surface area contributed by atoms with Crippen LogP contribution in [0.1, 0.15) is 42.4 Å². The van der Waals surface area contributed by atoms with Crippen LogP contribution in [-0.2, 0) is 24.1 Å². The van der Waals surface area contributed by atoms with E-state index in [9.17, 15) is 5.11 Å². The van der Waals surface area contributed by atoms with Crippen molar-refractivity contribution in [1.82, 2.24) is 10.6 Å². The molecular weight excluding hydrogens is 290 g/mol. The Morgan fingerprint density at radius 3 is 2.91 bits per heavy atom. The highest BCUT2D eigenvalue weighted by molar-refractivity contribution is 5.79. The molecule has 1 aromatic rings. The number of ether oxygens (including phenoxy) is 1. The molecule has 0 radical (unpaired) electrons. The zero-order valence-electron chi connectivity index (χ0n) is 13.9. The molecule has 1 saturated heterocycles. The van der Waals surface area contributed by atoms with Crippen LogP contribution in [0.25, 0.3) is 0 Å². The first kappa shape index (κ1) is 16.1. The van der Waals surface area contributed by atoms with Crippen LogP contribution in [0.4, 0.5) is 0 Å². The zero-order chi connectivity index (χ0) is 16.1. The van der Waals surface area contributed by atoms with Gasteiger partial charge in [-0.2, -0.15) is 0 Å². The maximum absolute atomic E-state index is 10.2. The third-order valence-corrected chi connectivity index (χ3v) is 4.80. The molecular formula is C18H27N3O2. The summed E-state index contributed by atoms with van der Waals surface area (Å²) in [4.78, 5) is 4.26. The minimum atomic E-state index is 0.284. The first-order valence-corrected chi connectivity index (χ1v) is 8.66. The molecule has 1 aliphatic heterocycles. The highest BCUT2D eigenvalue weighted by Crippen LogP contribution is 2.30. The lowest BCUT2D eigenvalue weighted by molar-refractivity contribution is 0.114. The minimum absolute atomic E-state index is 0.284. The van der Waals surface area contributed by atoms with Crippen LogP contribution < -0.4 is 10.6 Å². The number of hydrogen-bond acceptors (Lipinski definition) is 3. The van der Waals surface area contributed by atoms with Crippen LogP contribution >= 0.6 is 0 Å². The molecule has 23 heavy (non-hydrogen) atoms. The van der Waals surface area contributed by atoms with Crippen molar-refractivity contribution < 1.29 is 9.84 Å². The van der Waals surface area contributed by atoms with Crippen LogP contribution in [0.5, 0.6) is 5.75 Å². The Kier molecular flexibility index (Phi) is 5.39. The zero-order valence-corrected chi connectivity index (χ0v) is 13.9. The summed E-state index contributed by atoms with van der Waals surface area (Å²) in [6.45, 7) is 2.24. The largest absolute Gasteiger partial charge is 0.508 e. The van der Waals surface area contributed by atoms with Gasteiger partial charge in [0.1, 0.15) is 5.75 Å². The quantitative estimate of drug-likeness (QED) is 0.588. The minimum Gasteiger partial charge on any atom is -0.508 e. The van der Waals surface area contributed by atoms with Gasteiger partial charge in [-0.25, -0.2) is 0 Å². The van der Waals surface area contributed by atoms with Gasteiger partial charge in [0.05, 0.1) is 6.10 Å². The van der Waals surface area contributed by atoms with Crippen LogP contribution in [0, 0.1) is 0 Å². The molecule has 0 saturated carbocycles. The van der Waals surface area contributed by atoms with Crippen molar-refractivity contribution in [3.05, 3.63) is 28.8 Å². The number of hydrogen-bond donors (Lipinski definition) is 3. The second kappa shape index (κ2) is 7.68. The Balaban J connectivity index is 1.60. The van der Waals surface area contributed by atoms with Crippen LogP contribution in [0.2, 0.25) is 0 Å². The van der Waals surface area contributed by atoms with Gasteiger partial charge in [0.15, 0.2) is 5.96 Å². The average Bonchev–Trinajstić information content (AvgIpc) is 3.10. The molecule has 1 atom stereocenters. The lowest BCUT2D eigenvalue weighted by Gasteiger charge is -2.21. The maximum Gasteiger partial charge on any atom is 0.191 e. The molecule has 3 rings (SSSR count). The van der Waals surface area contributed by atoms with Gasteiger partial charge in [-0.05, 0) is 55.7 Å². The van der Waals surface area contributed by atoms with E-state index in [-0.39, 0.29) is 6.10 Å². The Morgan fingerprint density at radius 1 is 1.26 bits per heavy atom. The van der Waals surface area contributed by atoms with E-state index in [1.807, 2.05) is 6.07 Å². The average molecular weight is 317 g/mol. The first-order valence-electron chi connectivity index (χ1n) is 8.66. The molecule has 1 fully saturated rings. The Bertz CT molecular complexity index is 566. The van der Waals surface area contributed by atoms with Gasteiger partial charge >= 0.3 is 0 Å². The fourth-order valence-electron chi connectivity index (χ4n) is 3.50. The predicted octanol–water partition coefficient (Wildman–Crippen LogP) is 2.11. The van der Waals surface area contributed by atoms with Crippen LogP contribution in [0.3, 0.4) is 0 Å². The maximum atomic E-state index is 10.2. The third kappa shape index (κ3) is 3.96. The van der Waals surface area contributed by atoms with Gasteiger partial charge in [0, 0.05) is 32.3 Å². The number of nitrogens with one attached hydrogen (secondary N) is 2. The topological polar surface area (TPSA) is 65.9 Å². The van der Waals surface area contributed by atoms with E-state index < -0.39 is 0 Å². The van der Waals surface area contributed by atoms with Crippen molar-refractivity contribution in [3.63, 3.8) is 0 Å². The van der Waals surface area contributed by atoms with Crippen LogP contribution in [-0.4, -0.2) is 37.4 Å². The van der Waals surface area contributed by atoms with Gasteiger partial charge < -0.3 is 20.5 Å². The molecule has 5 nitrogen and oxygen atoms in total. The van der Waals surface area contributed by atoms with Gasteiger partial charge in [0.2, 0.25) is 0 Å². The van der Waals surface area contributed by atoms with Crippen molar-refractivity contribution in [3.8, 4) is 5.75 Å². The van der Waals surface area contributed by atoms with Crippen molar-refractivity contribution in [2.24, 2.45) is 4.99 Å². The molecule has 126 valence electrons. The van der Waals surface area contributed by atoms with Gasteiger partial charge in [0.25, 0.3) is 0 Å². The number of phenols is 1. The summed E-state index contributed by atoms with van der Waals surface area (Å²) in [7, 11) is 1.77. The van der Waals surface area contributed by atoms with E-state index in [1.54, 1.807) is 7.05 Å². The highest BCUT2D eigenvalue weighted by Gasteiger charge is 2.18. The summed E-state index contributed by atoms with van der Waals surface area (Å²) in [5, 5.41) is 16.9. The number of aryl methyl sites for hydroxylation is 1. The van der Waals surface area contributed by atoms with E-state index in [4.69, 9.17) is 4.74 Å². The number of phenolic OH excluding ortho intramolecular Hbond substituents is 1. The van der Waals surface area contributed by atoms with Crippen molar-refractivity contribution >= 4 is 5.96 Å². The smallest absolute Gasteiger partial charge is 0.191 e. The van der Waals surface area contributed by atoms with E-state index in [0.717, 1.165) is 50.4 Å². The number of fused-ring (bicyclic) bond motifs is 1. The predicted molar refractivity (Wildman–Crippen MR) is 91.9 cm³/mol. The lowest BCUT2D eigenvalue weighted by Crippen LogP contribution is -2.40. The Labute approximate surface area is 138 Å². The SMILES string of the molecule is CN=C(NCc1c(O)ccc2c1CCCC2)NCC1CCCO1. The number of aliphatic imine (C=N–C) groups is 1. The molecule has 0 spiro atoms.